The summed E-state index contributed by atoms with van der Waals surface area (Å²) < 4.78 is 0. The molecule has 8 rings (SSSR count). The van der Waals surface area contributed by atoms with Crippen LogP contribution in [0.25, 0.3) is 22.3 Å². The zero-order valence-corrected chi connectivity index (χ0v) is 21.7. The average molecular weight is 482 g/mol. The lowest BCUT2D eigenvalue weighted by Gasteiger charge is -2.36. The van der Waals surface area contributed by atoms with Gasteiger partial charge in [-0.1, -0.05) is 99.2 Å². The number of rotatable bonds is 2. The lowest BCUT2D eigenvalue weighted by molar-refractivity contribution is 0.353. The van der Waals surface area contributed by atoms with E-state index < -0.39 is 0 Å². The van der Waals surface area contributed by atoms with Crippen LogP contribution in [-0.2, 0) is 10.8 Å². The van der Waals surface area contributed by atoms with E-state index in [0.717, 1.165) is 0 Å². The smallest absolute Gasteiger partial charge is 0.0390 e. The first-order valence-corrected chi connectivity index (χ1v) is 14.5. The minimum Gasteiger partial charge on any atom is -0.355 e. The molecule has 37 heavy (non-hydrogen) atoms. The monoisotopic (exact) mass is 481 g/mol. The molecule has 0 bridgehead atoms. The largest absolute Gasteiger partial charge is 0.355 e. The summed E-state index contributed by atoms with van der Waals surface area (Å²) in [5.74, 6) is 0. The van der Waals surface area contributed by atoms with Gasteiger partial charge in [-0.15, -0.1) is 0 Å². The molecule has 2 spiro atoms. The molecule has 0 radical (unpaired) electrons. The van der Waals surface area contributed by atoms with Gasteiger partial charge in [0.1, 0.15) is 0 Å². The summed E-state index contributed by atoms with van der Waals surface area (Å²) >= 11 is 0. The van der Waals surface area contributed by atoms with E-state index in [1.54, 1.807) is 22.3 Å². The van der Waals surface area contributed by atoms with Crippen molar-refractivity contribution >= 4 is 11.4 Å². The third-order valence-electron chi connectivity index (χ3n) is 10.2. The molecule has 1 nitrogen and oxygen atoms in total. The lowest BCUT2D eigenvalue weighted by atomic mass is 9.68. The van der Waals surface area contributed by atoms with Crippen LogP contribution in [0.4, 0.5) is 11.4 Å². The third-order valence-corrected chi connectivity index (χ3v) is 10.2. The zero-order valence-electron chi connectivity index (χ0n) is 21.7. The maximum absolute atomic E-state index is 3.81. The van der Waals surface area contributed by atoms with Crippen molar-refractivity contribution in [2.45, 2.75) is 75.0 Å². The van der Waals surface area contributed by atoms with Crippen molar-refractivity contribution in [1.82, 2.24) is 0 Å². The first kappa shape index (κ1) is 21.7. The average Bonchev–Trinajstić information content (AvgIpc) is 3.37. The van der Waals surface area contributed by atoms with Gasteiger partial charge in [0.25, 0.3) is 0 Å². The van der Waals surface area contributed by atoms with Crippen molar-refractivity contribution in [3.8, 4) is 22.3 Å². The highest BCUT2D eigenvalue weighted by molar-refractivity contribution is 5.86. The Morgan fingerprint density at radius 1 is 0.405 bits per heavy atom. The van der Waals surface area contributed by atoms with E-state index in [-0.39, 0.29) is 10.8 Å². The van der Waals surface area contributed by atoms with Crippen LogP contribution in [0, 0.1) is 0 Å². The Kier molecular flexibility index (Phi) is 4.75. The number of fused-ring (bicyclic) bond motifs is 10. The van der Waals surface area contributed by atoms with Crippen molar-refractivity contribution in [1.29, 1.82) is 0 Å². The van der Waals surface area contributed by atoms with E-state index in [1.807, 2.05) is 0 Å². The first-order valence-electron chi connectivity index (χ1n) is 14.5. The molecule has 1 N–H and O–H groups in total. The number of hydrogen-bond donors (Lipinski definition) is 1. The highest BCUT2D eigenvalue weighted by atomic mass is 14.9. The number of anilines is 2. The van der Waals surface area contributed by atoms with Gasteiger partial charge in [-0.05, 0) is 94.5 Å². The second-order valence-electron chi connectivity index (χ2n) is 12.0. The van der Waals surface area contributed by atoms with Crippen LogP contribution in [0.2, 0.25) is 0 Å². The lowest BCUT2D eigenvalue weighted by Crippen LogP contribution is -2.28. The van der Waals surface area contributed by atoms with Gasteiger partial charge in [0.15, 0.2) is 0 Å². The second kappa shape index (κ2) is 8.09. The summed E-state index contributed by atoms with van der Waals surface area (Å²) in [5, 5.41) is 3.81. The molecule has 2 saturated carbocycles. The molecule has 0 unspecified atom stereocenters. The maximum Gasteiger partial charge on any atom is 0.0390 e. The Balaban J connectivity index is 1.18. The number of benzene rings is 4. The quantitative estimate of drug-likeness (QED) is 0.300. The Bertz CT molecular complexity index is 1400. The van der Waals surface area contributed by atoms with Crippen LogP contribution in [0.1, 0.15) is 86.5 Å². The zero-order chi connectivity index (χ0) is 24.5. The van der Waals surface area contributed by atoms with Crippen molar-refractivity contribution in [2.24, 2.45) is 0 Å². The molecular formula is C36H35N. The minimum atomic E-state index is 0.230. The molecule has 1 heteroatoms. The Morgan fingerprint density at radius 2 is 0.811 bits per heavy atom. The highest BCUT2D eigenvalue weighted by Crippen LogP contribution is 2.57. The van der Waals surface area contributed by atoms with Crippen LogP contribution in [0.5, 0.6) is 0 Å². The molecular weight excluding hydrogens is 446 g/mol. The summed E-state index contributed by atoms with van der Waals surface area (Å²) in [5.41, 5.74) is 14.9. The first-order chi connectivity index (χ1) is 18.3. The standard InChI is InChI=1S/C36H35N/c1-7-19-35(20-8-1)31-13-5-3-11-27(31)29-23-25(15-17-33(29)35)37-26-16-18-34-30(24-26)28-12-4-6-14-32(28)36(34)21-9-2-10-22-36/h3-6,11-18,23-24,37H,1-2,7-10,19-22H2. The van der Waals surface area contributed by atoms with Gasteiger partial charge in [-0.3, -0.25) is 0 Å². The fourth-order valence-electron chi connectivity index (χ4n) is 8.64. The van der Waals surface area contributed by atoms with Gasteiger partial charge in [0.2, 0.25) is 0 Å². The summed E-state index contributed by atoms with van der Waals surface area (Å²) in [6.07, 6.45) is 13.3. The SMILES string of the molecule is c1ccc2c(c1)-c1cc(Nc3ccc4c(c3)-c3ccccc3C43CCCCC3)ccc1C21CCCCC1. The normalized spacial score (nSPS) is 19.8. The van der Waals surface area contributed by atoms with Crippen LogP contribution in [-0.4, -0.2) is 0 Å². The Morgan fingerprint density at radius 3 is 1.27 bits per heavy atom. The van der Waals surface area contributed by atoms with Crippen LogP contribution < -0.4 is 5.32 Å². The molecule has 0 heterocycles. The predicted molar refractivity (Wildman–Crippen MR) is 155 cm³/mol. The van der Waals surface area contributed by atoms with Crippen molar-refractivity contribution in [2.75, 3.05) is 5.32 Å². The maximum atomic E-state index is 3.81. The summed E-state index contributed by atoms with van der Waals surface area (Å²) in [6.45, 7) is 0. The van der Waals surface area contributed by atoms with E-state index >= 15 is 0 Å². The van der Waals surface area contributed by atoms with Crippen LogP contribution in [0.15, 0.2) is 84.9 Å². The predicted octanol–water partition coefficient (Wildman–Crippen LogP) is 9.89. The molecule has 4 aromatic rings. The van der Waals surface area contributed by atoms with Gasteiger partial charge >= 0.3 is 0 Å². The van der Waals surface area contributed by atoms with Gasteiger partial charge in [-0.25, -0.2) is 0 Å². The van der Waals surface area contributed by atoms with E-state index in [4.69, 9.17) is 0 Å². The molecule has 4 aromatic carbocycles. The van der Waals surface area contributed by atoms with E-state index in [2.05, 4.69) is 90.2 Å². The molecule has 0 aliphatic heterocycles. The van der Waals surface area contributed by atoms with Crippen molar-refractivity contribution < 1.29 is 0 Å². The van der Waals surface area contributed by atoms with Gasteiger partial charge in [0, 0.05) is 22.2 Å². The van der Waals surface area contributed by atoms with Gasteiger partial charge < -0.3 is 5.32 Å². The van der Waals surface area contributed by atoms with Crippen molar-refractivity contribution in [3.05, 3.63) is 107 Å². The van der Waals surface area contributed by atoms with Crippen LogP contribution >= 0.6 is 0 Å². The molecule has 0 aromatic heterocycles. The van der Waals surface area contributed by atoms with E-state index in [1.165, 1.54) is 97.8 Å². The summed E-state index contributed by atoms with van der Waals surface area (Å²) in [7, 11) is 0. The molecule has 0 atom stereocenters. The van der Waals surface area contributed by atoms with E-state index in [0.29, 0.717) is 0 Å². The molecule has 4 aliphatic carbocycles. The van der Waals surface area contributed by atoms with Crippen LogP contribution in [0.3, 0.4) is 0 Å². The Labute approximate surface area is 221 Å². The third kappa shape index (κ3) is 3.03. The molecule has 2 fully saturated rings. The molecule has 184 valence electrons. The van der Waals surface area contributed by atoms with Gasteiger partial charge in [-0.2, -0.15) is 0 Å². The minimum absolute atomic E-state index is 0.230. The van der Waals surface area contributed by atoms with E-state index in [9.17, 15) is 0 Å². The fourth-order valence-corrected chi connectivity index (χ4v) is 8.64. The fraction of sp³-hybridized carbons (Fsp3) is 0.333. The van der Waals surface area contributed by atoms with Crippen molar-refractivity contribution in [3.63, 3.8) is 0 Å². The summed E-state index contributed by atoms with van der Waals surface area (Å²) in [4.78, 5) is 0. The molecule has 0 amide bonds. The summed E-state index contributed by atoms with van der Waals surface area (Å²) in [6, 6.07) is 32.7. The molecule has 0 saturated heterocycles. The molecule has 4 aliphatic rings. The Hall–Kier alpha value is -3.32. The highest BCUT2D eigenvalue weighted by Gasteiger charge is 2.44. The number of hydrogen-bond acceptors (Lipinski definition) is 1. The second-order valence-corrected chi connectivity index (χ2v) is 12.0. The number of nitrogens with one attached hydrogen (secondary N) is 1. The topological polar surface area (TPSA) is 12.0 Å². The van der Waals surface area contributed by atoms with Gasteiger partial charge in [0.05, 0.1) is 0 Å².